The van der Waals surface area contributed by atoms with Gasteiger partial charge in [0.05, 0.1) is 22.0 Å². The summed E-state index contributed by atoms with van der Waals surface area (Å²) >= 11 is 0. The number of benzene rings is 1. The van der Waals surface area contributed by atoms with E-state index in [1.165, 1.54) is 30.7 Å². The summed E-state index contributed by atoms with van der Waals surface area (Å²) in [5.74, 6) is 1.83. The fraction of sp³-hybridized carbons (Fsp3) is 0.600. The molecule has 5 unspecified atom stereocenters. The fourth-order valence-corrected chi connectivity index (χ4v) is 5.32. The molecular weight excluding hydrogens is 320 g/mol. The first-order chi connectivity index (χ1) is 11.0. The van der Waals surface area contributed by atoms with Gasteiger partial charge in [0.2, 0.25) is 10.0 Å². The maximum atomic E-state index is 12.2. The van der Waals surface area contributed by atoms with Crippen molar-refractivity contribution in [3.63, 3.8) is 0 Å². The summed E-state index contributed by atoms with van der Waals surface area (Å²) < 4.78 is 32.7. The molecule has 3 aliphatic rings. The van der Waals surface area contributed by atoms with Crippen LogP contribution < -0.4 is 4.72 Å². The van der Waals surface area contributed by atoms with E-state index in [1.807, 2.05) is 0 Å². The van der Waals surface area contributed by atoms with Crippen molar-refractivity contribution in [3.05, 3.63) is 34.4 Å². The van der Waals surface area contributed by atoms with E-state index in [-0.39, 0.29) is 10.6 Å². The molecule has 5 atom stereocenters. The summed E-state index contributed by atoms with van der Waals surface area (Å²) in [4.78, 5) is 10.1. The molecule has 1 heterocycles. The van der Waals surface area contributed by atoms with E-state index in [0.29, 0.717) is 36.5 Å². The largest absolute Gasteiger partial charge is 0.369 e. The minimum atomic E-state index is -3.61. The molecule has 4 rings (SSSR count). The molecule has 23 heavy (non-hydrogen) atoms. The average Bonchev–Trinajstić information content (AvgIpc) is 3.13. The van der Waals surface area contributed by atoms with Crippen LogP contribution in [0, 0.1) is 27.9 Å². The third-order valence-corrected chi connectivity index (χ3v) is 6.88. The second kappa shape index (κ2) is 5.25. The highest BCUT2D eigenvalue weighted by atomic mass is 32.2. The highest BCUT2D eigenvalue weighted by Crippen LogP contribution is 2.59. The number of nitrogens with one attached hydrogen (secondary N) is 1. The van der Waals surface area contributed by atoms with Gasteiger partial charge in [0.15, 0.2) is 0 Å². The summed E-state index contributed by atoms with van der Waals surface area (Å²) in [7, 11) is -3.61. The highest BCUT2D eigenvalue weighted by Gasteiger charge is 2.62. The van der Waals surface area contributed by atoms with Crippen molar-refractivity contribution in [3.8, 4) is 0 Å². The standard InChI is InChI=1S/C15H18N2O5S/c18-17(19)11-1-3-12(4-2-11)23(20,21)16-6-5-9-7-10-8-13(9)15-14(10)22-15/h1-4,9-10,13-16H,5-8H2. The van der Waals surface area contributed by atoms with Gasteiger partial charge in [0.25, 0.3) is 5.69 Å². The molecule has 0 spiro atoms. The molecule has 0 amide bonds. The predicted octanol–water partition coefficient (Wildman–Crippen LogP) is 1.69. The SMILES string of the molecule is O=[N+]([O-])c1ccc(S(=O)(=O)NCCC2CC3CC2C2OC32)cc1. The van der Waals surface area contributed by atoms with Crippen molar-refractivity contribution in [1.29, 1.82) is 0 Å². The van der Waals surface area contributed by atoms with Gasteiger partial charge in [-0.3, -0.25) is 10.1 Å². The van der Waals surface area contributed by atoms with Crippen LogP contribution in [0.5, 0.6) is 0 Å². The highest BCUT2D eigenvalue weighted by molar-refractivity contribution is 7.89. The zero-order valence-electron chi connectivity index (χ0n) is 12.4. The van der Waals surface area contributed by atoms with Gasteiger partial charge in [-0.2, -0.15) is 0 Å². The second-order valence-corrected chi connectivity index (χ2v) is 8.43. The van der Waals surface area contributed by atoms with Crippen LogP contribution in [0.3, 0.4) is 0 Å². The van der Waals surface area contributed by atoms with Crippen molar-refractivity contribution in [2.24, 2.45) is 17.8 Å². The number of hydrogen-bond acceptors (Lipinski definition) is 5. The van der Waals surface area contributed by atoms with Crippen LogP contribution in [0.1, 0.15) is 19.3 Å². The number of fused-ring (bicyclic) bond motifs is 5. The maximum absolute atomic E-state index is 12.2. The Hall–Kier alpha value is -1.51. The number of nitrogens with zero attached hydrogens (tertiary/aromatic N) is 1. The third kappa shape index (κ3) is 2.64. The average molecular weight is 338 g/mol. The Morgan fingerprint density at radius 1 is 1.22 bits per heavy atom. The zero-order valence-corrected chi connectivity index (χ0v) is 13.2. The first-order valence-electron chi connectivity index (χ1n) is 7.85. The van der Waals surface area contributed by atoms with Gasteiger partial charge in [0, 0.05) is 18.7 Å². The molecule has 1 aliphatic heterocycles. The molecule has 2 saturated carbocycles. The van der Waals surface area contributed by atoms with Crippen molar-refractivity contribution >= 4 is 15.7 Å². The second-order valence-electron chi connectivity index (χ2n) is 6.66. The zero-order chi connectivity index (χ0) is 16.2. The first-order valence-corrected chi connectivity index (χ1v) is 9.33. The molecule has 0 radical (unpaired) electrons. The molecule has 1 N–H and O–H groups in total. The lowest BCUT2D eigenvalue weighted by atomic mass is 9.86. The lowest BCUT2D eigenvalue weighted by Crippen LogP contribution is -2.28. The number of epoxide rings is 1. The molecule has 2 aliphatic carbocycles. The Morgan fingerprint density at radius 2 is 1.96 bits per heavy atom. The molecule has 2 bridgehead atoms. The van der Waals surface area contributed by atoms with Crippen LogP contribution >= 0.6 is 0 Å². The van der Waals surface area contributed by atoms with Crippen molar-refractivity contribution in [1.82, 2.24) is 4.72 Å². The first kappa shape index (κ1) is 15.0. The maximum Gasteiger partial charge on any atom is 0.269 e. The topological polar surface area (TPSA) is 102 Å². The molecule has 3 fully saturated rings. The van der Waals surface area contributed by atoms with Crippen LogP contribution in [-0.2, 0) is 14.8 Å². The quantitative estimate of drug-likeness (QED) is 0.483. The molecule has 1 saturated heterocycles. The number of sulfonamides is 1. The van der Waals surface area contributed by atoms with Gasteiger partial charge in [-0.15, -0.1) is 0 Å². The van der Waals surface area contributed by atoms with E-state index >= 15 is 0 Å². The van der Waals surface area contributed by atoms with Crippen LogP contribution in [0.2, 0.25) is 0 Å². The van der Waals surface area contributed by atoms with Crippen LogP contribution in [-0.4, -0.2) is 32.1 Å². The molecule has 0 aromatic heterocycles. The van der Waals surface area contributed by atoms with Gasteiger partial charge in [-0.25, -0.2) is 13.1 Å². The van der Waals surface area contributed by atoms with Crippen LogP contribution in [0.25, 0.3) is 0 Å². The van der Waals surface area contributed by atoms with Gasteiger partial charge in [0.1, 0.15) is 0 Å². The van der Waals surface area contributed by atoms with Gasteiger partial charge in [-0.1, -0.05) is 0 Å². The fourth-order valence-electron chi connectivity index (χ4n) is 4.27. The van der Waals surface area contributed by atoms with E-state index in [4.69, 9.17) is 4.74 Å². The third-order valence-electron chi connectivity index (χ3n) is 5.40. The lowest BCUT2D eigenvalue weighted by Gasteiger charge is -2.19. The van der Waals surface area contributed by atoms with E-state index in [0.717, 1.165) is 12.8 Å². The molecular formula is C15H18N2O5S. The van der Waals surface area contributed by atoms with Crippen LogP contribution in [0.4, 0.5) is 5.69 Å². The summed E-state index contributed by atoms with van der Waals surface area (Å²) in [5, 5.41) is 10.6. The number of nitro groups is 1. The van der Waals surface area contributed by atoms with E-state index in [1.54, 1.807) is 0 Å². The van der Waals surface area contributed by atoms with Gasteiger partial charge >= 0.3 is 0 Å². The Bertz CT molecular complexity index is 733. The molecule has 1 aromatic rings. The van der Waals surface area contributed by atoms with E-state index in [2.05, 4.69) is 4.72 Å². The van der Waals surface area contributed by atoms with Crippen molar-refractivity contribution in [2.75, 3.05) is 6.54 Å². The molecule has 124 valence electrons. The Balaban J connectivity index is 1.33. The predicted molar refractivity (Wildman–Crippen MR) is 81.3 cm³/mol. The summed E-state index contributed by atoms with van der Waals surface area (Å²) in [6.07, 6.45) is 4.12. The Morgan fingerprint density at radius 3 is 2.57 bits per heavy atom. The summed E-state index contributed by atoms with van der Waals surface area (Å²) in [6.45, 7) is 0.393. The minimum absolute atomic E-state index is 0.0571. The smallest absolute Gasteiger partial charge is 0.269 e. The summed E-state index contributed by atoms with van der Waals surface area (Å²) in [5.41, 5.74) is -0.120. The van der Waals surface area contributed by atoms with Crippen molar-refractivity contribution < 1.29 is 18.1 Å². The molecule has 1 aromatic carbocycles. The molecule has 8 heteroatoms. The normalized spacial score (nSPS) is 34.3. The monoisotopic (exact) mass is 338 g/mol. The van der Waals surface area contributed by atoms with Gasteiger partial charge in [-0.05, 0) is 49.1 Å². The minimum Gasteiger partial charge on any atom is -0.369 e. The number of nitro benzene ring substituents is 1. The number of hydrogen-bond donors (Lipinski definition) is 1. The summed E-state index contributed by atoms with van der Waals surface area (Å²) in [6, 6.07) is 4.94. The number of non-ortho nitro benzene ring substituents is 1. The van der Waals surface area contributed by atoms with E-state index < -0.39 is 14.9 Å². The van der Waals surface area contributed by atoms with Crippen molar-refractivity contribution in [2.45, 2.75) is 36.4 Å². The lowest BCUT2D eigenvalue weighted by molar-refractivity contribution is -0.384. The Labute approximate surface area is 134 Å². The van der Waals surface area contributed by atoms with E-state index in [9.17, 15) is 18.5 Å². The number of ether oxygens (including phenoxy) is 1. The van der Waals surface area contributed by atoms with Gasteiger partial charge < -0.3 is 4.74 Å². The Kier molecular flexibility index (Phi) is 3.44. The molecule has 7 nitrogen and oxygen atoms in total. The number of rotatable bonds is 6. The van der Waals surface area contributed by atoms with Crippen LogP contribution in [0.15, 0.2) is 29.2 Å².